The van der Waals surface area contributed by atoms with Gasteiger partial charge in [-0.3, -0.25) is 4.94 Å². The van der Waals surface area contributed by atoms with Crippen molar-refractivity contribution in [2.75, 3.05) is 0 Å². The molecule has 0 fully saturated rings. The Hall–Kier alpha value is -1.35. The first-order valence-corrected chi connectivity index (χ1v) is 5.25. The molecule has 0 N–H and O–H groups in total. The topological polar surface area (TPSA) is 47.9 Å². The Bertz CT molecular complexity index is 455. The average Bonchev–Trinajstić information content (AvgIpc) is 2.29. The molecule has 0 amide bonds. The second kappa shape index (κ2) is 5.12. The number of rotatable bonds is 4. The van der Waals surface area contributed by atoms with Crippen LogP contribution in [0.3, 0.4) is 0 Å². The van der Waals surface area contributed by atoms with Crippen LogP contribution in [0.5, 0.6) is 5.75 Å². The molecule has 4 nitrogen and oxygen atoms in total. The molecule has 0 heterocycles. The Kier molecular flexibility index (Phi) is 4.07. The van der Waals surface area contributed by atoms with Gasteiger partial charge >= 0.3 is 5.76 Å². The number of hydrogen-bond donors (Lipinski definition) is 0. The molecule has 1 atom stereocenters. The van der Waals surface area contributed by atoms with Crippen molar-refractivity contribution < 1.29 is 31.4 Å². The zero-order valence-corrected chi connectivity index (χ0v) is 8.30. The Morgan fingerprint density at radius 2 is 1.75 bits per heavy atom. The van der Waals surface area contributed by atoms with Gasteiger partial charge in [0, 0.05) is 4.53 Å². The molecular weight excluding hydrogens is 254 g/mol. The number of alkyl halides is 2. The van der Waals surface area contributed by atoms with E-state index in [-0.39, 0.29) is 11.4 Å². The summed E-state index contributed by atoms with van der Waals surface area (Å²) < 4.78 is 64.0. The lowest BCUT2D eigenvalue weighted by Crippen LogP contribution is -2.10. The summed E-state index contributed by atoms with van der Waals surface area (Å²) >= 11 is 0. The summed E-state index contributed by atoms with van der Waals surface area (Å²) in [6.07, 6.45) is 0. The second-order valence-corrected chi connectivity index (χ2v) is 4.20. The Labute approximate surface area is 88.0 Å². The van der Waals surface area contributed by atoms with Gasteiger partial charge in [-0.1, -0.05) is 4.39 Å². The van der Waals surface area contributed by atoms with E-state index in [4.69, 9.17) is 0 Å². The van der Waals surface area contributed by atoms with E-state index >= 15 is 0 Å². The van der Waals surface area contributed by atoms with Crippen molar-refractivity contribution in [3.05, 3.63) is 24.3 Å². The van der Waals surface area contributed by atoms with E-state index in [1.807, 2.05) is 0 Å². The monoisotopic (exact) mass is 259 g/mol. The highest BCUT2D eigenvalue weighted by molar-refractivity contribution is 7.89. The summed E-state index contributed by atoms with van der Waals surface area (Å²) in [5.41, 5.74) is -0.260. The largest absolute Gasteiger partial charge is 0.345 e. The molecule has 1 aromatic rings. The summed E-state index contributed by atoms with van der Waals surface area (Å²) in [5, 5.41) is 0. The molecule has 0 saturated heterocycles. The molecule has 0 saturated carbocycles. The van der Waals surface area contributed by atoms with Gasteiger partial charge in [0.15, 0.2) is 5.75 Å². The quantitative estimate of drug-likeness (QED) is 0.780. The third-order valence-corrected chi connectivity index (χ3v) is 2.57. The van der Waals surface area contributed by atoms with Gasteiger partial charge in [0.05, 0.1) is 5.69 Å². The molecule has 9 heteroatoms. The molecule has 0 radical (unpaired) electrons. The maximum Gasteiger partial charge on any atom is 0.345 e. The van der Waals surface area contributed by atoms with Gasteiger partial charge in [-0.05, 0) is 28.8 Å². The highest BCUT2D eigenvalue weighted by Gasteiger charge is 2.24. The van der Waals surface area contributed by atoms with Crippen molar-refractivity contribution in [3.63, 3.8) is 0 Å². The molecule has 1 unspecified atom stereocenters. The van der Waals surface area contributed by atoms with Crippen molar-refractivity contribution in [1.82, 2.24) is 0 Å². The van der Waals surface area contributed by atoms with E-state index in [2.05, 4.69) is 13.7 Å². The van der Waals surface area contributed by atoms with Gasteiger partial charge < -0.3 is 0 Å². The first kappa shape index (κ1) is 12.7. The minimum absolute atomic E-state index is 0.205. The minimum atomic E-state index is -4.73. The summed E-state index contributed by atoms with van der Waals surface area (Å²) in [6, 6.07) is 4.08. The van der Waals surface area contributed by atoms with Crippen molar-refractivity contribution in [3.8, 4) is 5.75 Å². The van der Waals surface area contributed by atoms with Gasteiger partial charge in [-0.2, -0.15) is 13.1 Å². The molecule has 1 rings (SSSR count). The Morgan fingerprint density at radius 1 is 1.19 bits per heavy atom. The van der Waals surface area contributed by atoms with Gasteiger partial charge in [-0.15, -0.1) is 0 Å². The second-order valence-electron chi connectivity index (χ2n) is 2.50. The smallest absolute Gasteiger partial charge is 0.294 e. The third-order valence-electron chi connectivity index (χ3n) is 1.47. The molecule has 0 aliphatic rings. The fraction of sp³-hybridized carbons (Fsp3) is 0.143. The number of halogens is 4. The highest BCUT2D eigenvalue weighted by Crippen LogP contribution is 2.23. The number of benzene rings is 1. The summed E-state index contributed by atoms with van der Waals surface area (Å²) in [4.78, 5) is 3.31. The first-order valence-electron chi connectivity index (χ1n) is 3.75. The Balaban J connectivity index is 3.10. The molecule has 0 aliphatic heterocycles. The van der Waals surface area contributed by atoms with Crippen LogP contribution >= 0.6 is 0 Å². The molecule has 0 aliphatic carbocycles. The lowest BCUT2D eigenvalue weighted by molar-refractivity contribution is -0.00619. The number of nitrogens with zero attached hydrogens (tertiary/aromatic N) is 1. The zero-order chi connectivity index (χ0) is 12.2. The summed E-state index contributed by atoms with van der Waals surface area (Å²) in [5.74, 6) is -3.81. The van der Waals surface area contributed by atoms with Crippen molar-refractivity contribution in [1.29, 1.82) is 0 Å². The predicted molar refractivity (Wildman–Crippen MR) is 46.6 cm³/mol. The third kappa shape index (κ3) is 2.83. The van der Waals surface area contributed by atoms with Crippen LogP contribution in [0.2, 0.25) is 0 Å². The lowest BCUT2D eigenvalue weighted by Gasteiger charge is -2.02. The normalized spacial score (nSPS) is 14.6. The van der Waals surface area contributed by atoms with Crippen LogP contribution in [0, 0.1) is 0 Å². The Morgan fingerprint density at radius 3 is 2.12 bits per heavy atom. The molecule has 90 valence electrons. The van der Waals surface area contributed by atoms with E-state index in [9.17, 15) is 22.0 Å². The van der Waals surface area contributed by atoms with Crippen molar-refractivity contribution in [2.45, 2.75) is 5.76 Å². The average molecular weight is 259 g/mol. The standard InChI is InChI=1S/C7H5F4NO3S/c8-7(9)16(13,15-11)12-5-1-3-6(14-10)4-2-5/h1-4,7H. The van der Waals surface area contributed by atoms with Crippen LogP contribution in [0.25, 0.3) is 0 Å². The number of hydrogen-bond acceptors (Lipinski definition) is 4. The maximum absolute atomic E-state index is 12.1. The van der Waals surface area contributed by atoms with Crippen LogP contribution < -0.4 is 4.94 Å². The first-order chi connectivity index (χ1) is 7.51. The molecule has 16 heavy (non-hydrogen) atoms. The fourth-order valence-corrected chi connectivity index (χ4v) is 1.37. The summed E-state index contributed by atoms with van der Waals surface area (Å²) in [7, 11) is -4.73. The van der Waals surface area contributed by atoms with E-state index in [1.165, 1.54) is 0 Å². The van der Waals surface area contributed by atoms with Crippen LogP contribution in [0.4, 0.5) is 23.5 Å². The minimum Gasteiger partial charge on any atom is -0.294 e. The molecule has 1 aromatic carbocycles. The lowest BCUT2D eigenvalue weighted by atomic mass is 10.3. The molecule has 0 aromatic heterocycles. The van der Waals surface area contributed by atoms with E-state index in [0.29, 0.717) is 0 Å². The summed E-state index contributed by atoms with van der Waals surface area (Å²) in [6.45, 7) is 0. The molecular formula is C7H5F4NO3S. The van der Waals surface area contributed by atoms with E-state index in [0.717, 1.165) is 24.3 Å². The maximum atomic E-state index is 12.1. The van der Waals surface area contributed by atoms with Gasteiger partial charge in [0.2, 0.25) is 0 Å². The molecule has 0 bridgehead atoms. The zero-order valence-electron chi connectivity index (χ0n) is 7.48. The van der Waals surface area contributed by atoms with E-state index < -0.39 is 15.8 Å². The fourth-order valence-electron chi connectivity index (χ4n) is 0.787. The van der Waals surface area contributed by atoms with Crippen LogP contribution in [-0.4, -0.2) is 9.97 Å². The predicted octanol–water partition coefficient (Wildman–Crippen LogP) is 3.09. The van der Waals surface area contributed by atoms with Crippen molar-refractivity contribution in [2.24, 2.45) is 4.36 Å². The van der Waals surface area contributed by atoms with Crippen LogP contribution in [0.1, 0.15) is 0 Å². The van der Waals surface area contributed by atoms with E-state index in [1.54, 1.807) is 0 Å². The van der Waals surface area contributed by atoms with Gasteiger partial charge in [-0.25, -0.2) is 4.21 Å². The highest BCUT2D eigenvalue weighted by atomic mass is 32.2. The van der Waals surface area contributed by atoms with Gasteiger partial charge in [0.25, 0.3) is 10.0 Å². The SMILES string of the molecule is O=S(=Nc1ccc(OF)cc1)(OF)C(F)F. The van der Waals surface area contributed by atoms with Crippen LogP contribution in [-0.2, 0) is 14.4 Å². The molecule has 0 spiro atoms. The van der Waals surface area contributed by atoms with Crippen LogP contribution in [0.15, 0.2) is 28.6 Å². The van der Waals surface area contributed by atoms with Crippen molar-refractivity contribution >= 4 is 15.7 Å². The van der Waals surface area contributed by atoms with Gasteiger partial charge in [0.1, 0.15) is 0 Å².